The molecule has 5 aromatic rings. The van der Waals surface area contributed by atoms with Crippen LogP contribution in [0.15, 0.2) is 72.9 Å². The number of aromatic nitrogens is 4. The molecule has 0 bridgehead atoms. The normalized spacial score (nSPS) is 15.7. The number of aryl methyl sites for hydroxylation is 1. The second-order valence-electron chi connectivity index (χ2n) is 11.3. The Labute approximate surface area is 255 Å². The minimum atomic E-state index is -1.01. The molecule has 44 heavy (non-hydrogen) atoms. The van der Waals surface area contributed by atoms with E-state index < -0.39 is 6.09 Å². The summed E-state index contributed by atoms with van der Waals surface area (Å²) in [7, 11) is 3.35. The van der Waals surface area contributed by atoms with Crippen molar-refractivity contribution in [2.45, 2.75) is 44.7 Å². The van der Waals surface area contributed by atoms with Crippen molar-refractivity contribution < 1.29 is 19.4 Å². The highest BCUT2D eigenvalue weighted by Crippen LogP contribution is 2.40. The van der Waals surface area contributed by atoms with Crippen molar-refractivity contribution in [2.24, 2.45) is 0 Å². The lowest BCUT2D eigenvalue weighted by Gasteiger charge is -2.13. The summed E-state index contributed by atoms with van der Waals surface area (Å²) in [6.07, 6.45) is 7.41. The van der Waals surface area contributed by atoms with Gasteiger partial charge >= 0.3 is 6.09 Å². The number of fused-ring (bicyclic) bond motifs is 2. The number of hydrogen-bond acceptors (Lipinski definition) is 6. The van der Waals surface area contributed by atoms with Crippen LogP contribution in [0.4, 0.5) is 4.79 Å². The third kappa shape index (κ3) is 5.15. The number of nitrogens with one attached hydrogen (secondary N) is 1. The number of pyridine rings is 2. The van der Waals surface area contributed by atoms with Crippen LogP contribution in [0.25, 0.3) is 39.1 Å². The van der Waals surface area contributed by atoms with E-state index in [1.165, 1.54) is 11.1 Å². The third-order valence-electron chi connectivity index (χ3n) is 8.61. The van der Waals surface area contributed by atoms with Crippen molar-refractivity contribution in [3.63, 3.8) is 0 Å². The predicted octanol–water partition coefficient (Wildman–Crippen LogP) is 6.53. The van der Waals surface area contributed by atoms with Gasteiger partial charge in [-0.3, -0.25) is 9.67 Å². The van der Waals surface area contributed by atoms with Gasteiger partial charge < -0.3 is 19.9 Å². The Morgan fingerprint density at radius 2 is 1.91 bits per heavy atom. The topological polar surface area (TPSA) is 111 Å². The van der Waals surface area contributed by atoms with Crippen LogP contribution < -0.4 is 14.8 Å². The molecular formula is C35H33N5O4. The first-order valence-corrected chi connectivity index (χ1v) is 14.9. The van der Waals surface area contributed by atoms with Crippen LogP contribution in [0.2, 0.25) is 0 Å². The highest BCUT2D eigenvalue weighted by atomic mass is 16.5. The lowest BCUT2D eigenvalue weighted by Crippen LogP contribution is -2.31. The van der Waals surface area contributed by atoms with Gasteiger partial charge in [-0.2, -0.15) is 5.10 Å². The molecule has 2 N–H and O–H groups in total. The van der Waals surface area contributed by atoms with Crippen molar-refractivity contribution in [1.29, 1.82) is 0 Å². The molecule has 2 aliphatic rings. The molecule has 1 atom stereocenters. The zero-order valence-corrected chi connectivity index (χ0v) is 24.7. The van der Waals surface area contributed by atoms with Gasteiger partial charge in [-0.1, -0.05) is 36.4 Å². The number of hydrogen-bond donors (Lipinski definition) is 2. The van der Waals surface area contributed by atoms with Crippen LogP contribution in [0.5, 0.6) is 11.5 Å². The van der Waals surface area contributed by atoms with Gasteiger partial charge in [0.25, 0.3) is 0 Å². The first kappa shape index (κ1) is 27.6. The number of nitrogens with zero attached hydrogens (tertiary/aromatic N) is 4. The van der Waals surface area contributed by atoms with Gasteiger partial charge in [0.1, 0.15) is 28.4 Å². The third-order valence-corrected chi connectivity index (χ3v) is 8.61. The summed E-state index contributed by atoms with van der Waals surface area (Å²) in [6.45, 7) is 0.543. The molecule has 0 saturated heterocycles. The number of rotatable bonds is 8. The summed E-state index contributed by atoms with van der Waals surface area (Å²) in [5.41, 5.74) is 10.9. The maximum absolute atomic E-state index is 11.1. The summed E-state index contributed by atoms with van der Waals surface area (Å²) in [5.74, 6) is 1.52. The van der Waals surface area contributed by atoms with Gasteiger partial charge in [-0.05, 0) is 78.6 Å². The summed E-state index contributed by atoms with van der Waals surface area (Å²) < 4.78 is 13.3. The Kier molecular flexibility index (Phi) is 7.21. The van der Waals surface area contributed by atoms with E-state index >= 15 is 0 Å². The van der Waals surface area contributed by atoms with E-state index in [4.69, 9.17) is 29.6 Å². The lowest BCUT2D eigenvalue weighted by molar-refractivity contribution is 0.190. The maximum Gasteiger partial charge on any atom is 0.404 e. The largest absolute Gasteiger partial charge is 0.497 e. The summed E-state index contributed by atoms with van der Waals surface area (Å²) in [5, 5.41) is 16.8. The molecule has 3 aromatic heterocycles. The van der Waals surface area contributed by atoms with E-state index in [1.807, 2.05) is 53.3 Å². The first-order chi connectivity index (χ1) is 21.5. The Morgan fingerprint density at radius 1 is 1.05 bits per heavy atom. The van der Waals surface area contributed by atoms with E-state index in [1.54, 1.807) is 14.2 Å². The monoisotopic (exact) mass is 587 g/mol. The summed E-state index contributed by atoms with van der Waals surface area (Å²) in [6, 6.07) is 20.4. The van der Waals surface area contributed by atoms with Crippen molar-refractivity contribution in [2.75, 3.05) is 14.2 Å². The average Bonchev–Trinajstić information content (AvgIpc) is 3.80. The summed E-state index contributed by atoms with van der Waals surface area (Å²) >= 11 is 0. The van der Waals surface area contributed by atoms with Crippen LogP contribution in [-0.2, 0) is 19.4 Å². The van der Waals surface area contributed by atoms with E-state index in [-0.39, 0.29) is 6.04 Å². The van der Waals surface area contributed by atoms with Crippen LogP contribution in [-0.4, -0.2) is 51.2 Å². The Bertz CT molecular complexity index is 1890. The Morgan fingerprint density at radius 3 is 2.66 bits per heavy atom. The van der Waals surface area contributed by atoms with Crippen LogP contribution in [0.1, 0.15) is 41.6 Å². The number of carbonyl (C=O) groups is 1. The Hall–Kier alpha value is -5.18. The second kappa shape index (κ2) is 11.5. The molecule has 7 rings (SSSR count). The zero-order chi connectivity index (χ0) is 30.2. The fourth-order valence-corrected chi connectivity index (χ4v) is 6.42. The number of ether oxygens (including phenoxy) is 2. The second-order valence-corrected chi connectivity index (χ2v) is 11.3. The molecule has 9 nitrogen and oxygen atoms in total. The Balaban J connectivity index is 1.32. The molecule has 0 aliphatic heterocycles. The first-order valence-electron chi connectivity index (χ1n) is 14.9. The molecule has 9 heteroatoms. The van der Waals surface area contributed by atoms with Gasteiger partial charge in [-0.15, -0.1) is 0 Å². The fraction of sp³-hybridized carbons (Fsp3) is 0.257. The van der Waals surface area contributed by atoms with Gasteiger partial charge in [0.2, 0.25) is 0 Å². The zero-order valence-electron chi connectivity index (χ0n) is 24.7. The van der Waals surface area contributed by atoms with Crippen molar-refractivity contribution in [3.05, 3.63) is 95.3 Å². The molecule has 2 aliphatic carbocycles. The van der Waals surface area contributed by atoms with E-state index in [2.05, 4.69) is 29.6 Å². The fourth-order valence-electron chi connectivity index (χ4n) is 6.42. The maximum atomic E-state index is 11.1. The molecule has 3 heterocycles. The van der Waals surface area contributed by atoms with Gasteiger partial charge in [0.15, 0.2) is 0 Å². The molecule has 2 aromatic carbocycles. The molecule has 1 amide bonds. The molecule has 0 radical (unpaired) electrons. The SMILES string of the molecule is COc1ccc(Cn2nc(-c3ccc(C4=CCC(NC(=O)O)C4)nc3)c3nc(-c4cccc5c4CCC5)c(OC)cc32)cc1. The average molecular weight is 588 g/mol. The molecule has 0 fully saturated rings. The van der Waals surface area contributed by atoms with Gasteiger partial charge in [-0.25, -0.2) is 9.78 Å². The van der Waals surface area contributed by atoms with E-state index in [9.17, 15) is 4.79 Å². The minimum Gasteiger partial charge on any atom is -0.497 e. The molecule has 0 spiro atoms. The standard InChI is InChI=1S/C35H33N5O4/c1-43-26-14-9-21(10-15-26)20-40-30-18-31(44-2)33(28-8-4-6-22-5-3-7-27(22)28)38-34(30)32(39-40)24-12-16-29(36-19-24)23-11-13-25(17-23)37-35(41)42/h4,6,8-12,14-16,18-19,25,37H,3,5,7,13,17,20H2,1-2H3,(H,41,42). The lowest BCUT2D eigenvalue weighted by atomic mass is 9.99. The van der Waals surface area contributed by atoms with Crippen molar-refractivity contribution >= 4 is 22.7 Å². The number of methoxy groups -OCH3 is 2. The highest BCUT2D eigenvalue weighted by molar-refractivity contribution is 5.93. The smallest absolute Gasteiger partial charge is 0.404 e. The number of benzene rings is 2. The molecular weight excluding hydrogens is 554 g/mol. The molecule has 222 valence electrons. The van der Waals surface area contributed by atoms with Crippen molar-refractivity contribution in [1.82, 2.24) is 25.1 Å². The highest BCUT2D eigenvalue weighted by Gasteiger charge is 2.24. The number of amides is 1. The van der Waals surface area contributed by atoms with Crippen molar-refractivity contribution in [3.8, 4) is 34.0 Å². The number of carboxylic acid groups (broad SMARTS) is 1. The van der Waals surface area contributed by atoms with Crippen LogP contribution >= 0.6 is 0 Å². The quantitative estimate of drug-likeness (QED) is 0.212. The molecule has 0 saturated carbocycles. The minimum absolute atomic E-state index is 0.126. The van der Waals surface area contributed by atoms with Crippen LogP contribution in [0.3, 0.4) is 0 Å². The summed E-state index contributed by atoms with van der Waals surface area (Å²) in [4.78, 5) is 21.1. The molecule has 1 unspecified atom stereocenters. The predicted molar refractivity (Wildman–Crippen MR) is 169 cm³/mol. The van der Waals surface area contributed by atoms with Gasteiger partial charge in [0.05, 0.1) is 32.0 Å². The van der Waals surface area contributed by atoms with E-state index in [0.717, 1.165) is 75.4 Å². The van der Waals surface area contributed by atoms with Crippen LogP contribution in [0, 0.1) is 0 Å². The van der Waals surface area contributed by atoms with Gasteiger partial charge in [0, 0.05) is 29.4 Å². The van der Waals surface area contributed by atoms with E-state index in [0.29, 0.717) is 25.1 Å².